The molecule has 3 amide bonds. The lowest BCUT2D eigenvalue weighted by molar-refractivity contribution is -0.137. The van der Waals surface area contributed by atoms with Crippen molar-refractivity contribution in [2.45, 2.75) is 6.42 Å². The summed E-state index contributed by atoms with van der Waals surface area (Å²) in [7, 11) is 0. The van der Waals surface area contributed by atoms with Crippen molar-refractivity contribution in [1.29, 1.82) is 0 Å². The highest BCUT2D eigenvalue weighted by molar-refractivity contribution is 6.13. The lowest BCUT2D eigenvalue weighted by atomic mass is 10.3. The minimum Gasteiger partial charge on any atom is -0.378 e. The van der Waals surface area contributed by atoms with Crippen LogP contribution in [0, 0.1) is 0 Å². The summed E-state index contributed by atoms with van der Waals surface area (Å²) < 4.78 is 43.0. The van der Waals surface area contributed by atoms with Crippen LogP contribution >= 0.6 is 0 Å². The summed E-state index contributed by atoms with van der Waals surface area (Å²) in [6, 6.07) is 0. The van der Waals surface area contributed by atoms with Gasteiger partial charge in [0.05, 0.1) is 106 Å². The van der Waals surface area contributed by atoms with Crippen LogP contribution in [0.3, 0.4) is 0 Å². The fraction of sp³-hybridized carbons (Fsp3) is 0.800. The number of carbonyl (C=O) groups is 3. The van der Waals surface area contributed by atoms with Gasteiger partial charge in [-0.15, -0.1) is 0 Å². The Bertz CT molecular complexity index is 649. The van der Waals surface area contributed by atoms with Crippen LogP contribution in [0.4, 0.5) is 0 Å². The number of rotatable bonds is 29. The number of nitrogens with zero attached hydrogens (tertiary/aromatic N) is 1. The molecule has 1 aliphatic heterocycles. The van der Waals surface area contributed by atoms with Gasteiger partial charge in [0.2, 0.25) is 5.91 Å². The van der Waals surface area contributed by atoms with Gasteiger partial charge >= 0.3 is 0 Å². The van der Waals surface area contributed by atoms with Gasteiger partial charge in [0, 0.05) is 38.2 Å². The van der Waals surface area contributed by atoms with Crippen molar-refractivity contribution >= 4 is 17.7 Å². The van der Waals surface area contributed by atoms with Crippen molar-refractivity contribution in [1.82, 2.24) is 10.2 Å². The minimum absolute atomic E-state index is 0.0570. The maximum absolute atomic E-state index is 11.7. The van der Waals surface area contributed by atoms with Gasteiger partial charge in [0.25, 0.3) is 11.8 Å². The number of nitrogens with one attached hydrogen (secondary N) is 1. The number of hydrogen-bond donors (Lipinski definition) is 2. The van der Waals surface area contributed by atoms with E-state index in [4.69, 9.17) is 43.6 Å². The predicted molar refractivity (Wildman–Crippen MR) is 139 cm³/mol. The Labute approximate surface area is 230 Å². The molecule has 0 atom stereocenters. The zero-order chi connectivity index (χ0) is 28.2. The third kappa shape index (κ3) is 21.5. The van der Waals surface area contributed by atoms with Gasteiger partial charge in [-0.1, -0.05) is 0 Å². The number of nitrogens with two attached hydrogens (primary N) is 1. The molecule has 0 radical (unpaired) electrons. The van der Waals surface area contributed by atoms with Crippen LogP contribution in [0.25, 0.3) is 0 Å². The maximum atomic E-state index is 11.7. The highest BCUT2D eigenvalue weighted by Crippen LogP contribution is 2.03. The number of imide groups is 1. The second-order valence-corrected chi connectivity index (χ2v) is 7.95. The van der Waals surface area contributed by atoms with Crippen LogP contribution in [0.5, 0.6) is 0 Å². The molecule has 1 aliphatic rings. The average molecular weight is 564 g/mol. The molecule has 0 aliphatic carbocycles. The van der Waals surface area contributed by atoms with Gasteiger partial charge in [-0.2, -0.15) is 0 Å². The third-order valence-electron chi connectivity index (χ3n) is 4.90. The first-order valence-electron chi connectivity index (χ1n) is 13.3. The number of ether oxygens (including phenoxy) is 8. The molecule has 1 heterocycles. The minimum atomic E-state index is -0.394. The van der Waals surface area contributed by atoms with Crippen LogP contribution in [0.1, 0.15) is 6.42 Å². The van der Waals surface area contributed by atoms with Gasteiger partial charge in [-0.05, 0) is 0 Å². The molecule has 0 bridgehead atoms. The van der Waals surface area contributed by atoms with Crippen molar-refractivity contribution in [3.63, 3.8) is 0 Å². The Morgan fingerprint density at radius 2 is 0.923 bits per heavy atom. The molecule has 0 aromatic carbocycles. The molecule has 0 aromatic rings. The Hall–Kier alpha value is -2.01. The van der Waals surface area contributed by atoms with E-state index >= 15 is 0 Å². The molecular weight excluding hydrogens is 518 g/mol. The lowest BCUT2D eigenvalue weighted by Crippen LogP contribution is -2.35. The first kappa shape index (κ1) is 35.0. The second-order valence-electron chi connectivity index (χ2n) is 7.95. The first-order valence-corrected chi connectivity index (χ1v) is 13.3. The number of carbonyl (C=O) groups excluding carboxylic acids is 3. The Morgan fingerprint density at radius 1 is 0.590 bits per heavy atom. The molecule has 3 N–H and O–H groups in total. The van der Waals surface area contributed by atoms with E-state index in [1.165, 1.54) is 12.2 Å². The van der Waals surface area contributed by atoms with E-state index in [-0.39, 0.29) is 18.9 Å². The summed E-state index contributed by atoms with van der Waals surface area (Å²) in [4.78, 5) is 35.6. The fourth-order valence-electron chi connectivity index (χ4n) is 2.94. The monoisotopic (exact) mass is 563 g/mol. The molecule has 1 rings (SSSR count). The summed E-state index contributed by atoms with van der Waals surface area (Å²) in [6.07, 6.45) is 2.44. The van der Waals surface area contributed by atoms with Crippen LogP contribution in [-0.2, 0) is 52.3 Å². The Morgan fingerprint density at radius 3 is 1.28 bits per heavy atom. The standard InChI is InChI=1S/C25H45N3O11/c26-4-7-32-9-11-34-13-15-36-17-19-38-21-22-39-20-18-37-16-14-35-12-10-33-8-5-27-23(29)3-6-28-24(30)1-2-25(28)31/h1-2H,3-22,26H2,(H,27,29). The van der Waals surface area contributed by atoms with E-state index < -0.39 is 11.8 Å². The fourth-order valence-corrected chi connectivity index (χ4v) is 2.94. The molecule has 14 heteroatoms. The molecule has 0 saturated heterocycles. The van der Waals surface area contributed by atoms with Crippen molar-refractivity contribution in [2.75, 3.05) is 125 Å². The van der Waals surface area contributed by atoms with E-state index in [9.17, 15) is 14.4 Å². The average Bonchev–Trinajstić information content (AvgIpc) is 3.26. The molecule has 39 heavy (non-hydrogen) atoms. The largest absolute Gasteiger partial charge is 0.378 e. The van der Waals surface area contributed by atoms with E-state index in [2.05, 4.69) is 5.32 Å². The summed E-state index contributed by atoms with van der Waals surface area (Å²) in [6.45, 7) is 8.53. The first-order chi connectivity index (χ1) is 19.1. The van der Waals surface area contributed by atoms with Crippen LogP contribution < -0.4 is 11.1 Å². The maximum Gasteiger partial charge on any atom is 0.253 e. The second kappa shape index (κ2) is 26.2. The molecule has 0 saturated carbocycles. The number of hydrogen-bond acceptors (Lipinski definition) is 12. The summed E-state index contributed by atoms with van der Waals surface area (Å²) in [5.74, 6) is -1.04. The van der Waals surface area contributed by atoms with Gasteiger partial charge in [0.1, 0.15) is 0 Å². The quantitative estimate of drug-likeness (QED) is 0.0801. The van der Waals surface area contributed by atoms with Crippen LogP contribution in [0.2, 0.25) is 0 Å². The molecule has 0 fully saturated rings. The smallest absolute Gasteiger partial charge is 0.253 e. The topological polar surface area (TPSA) is 166 Å². The van der Waals surface area contributed by atoms with E-state index in [1.54, 1.807) is 0 Å². The SMILES string of the molecule is NCCOCCOCCOCCOCCOCCOCCOCCOCCNC(=O)CCN1C(=O)C=CC1=O. The Kier molecular flexibility index (Phi) is 23.5. The van der Waals surface area contributed by atoms with Crippen LogP contribution in [0.15, 0.2) is 12.2 Å². The molecule has 0 aromatic heterocycles. The van der Waals surface area contributed by atoms with E-state index in [0.29, 0.717) is 119 Å². The van der Waals surface area contributed by atoms with Crippen molar-refractivity contribution in [2.24, 2.45) is 5.73 Å². The zero-order valence-corrected chi connectivity index (χ0v) is 22.8. The van der Waals surface area contributed by atoms with Crippen molar-refractivity contribution < 1.29 is 52.3 Å². The zero-order valence-electron chi connectivity index (χ0n) is 22.8. The third-order valence-corrected chi connectivity index (χ3v) is 4.90. The molecule has 226 valence electrons. The molecular formula is C25H45N3O11. The van der Waals surface area contributed by atoms with Crippen LogP contribution in [-0.4, -0.2) is 148 Å². The molecule has 14 nitrogen and oxygen atoms in total. The van der Waals surface area contributed by atoms with Crippen molar-refractivity contribution in [3.05, 3.63) is 12.2 Å². The molecule has 0 spiro atoms. The van der Waals surface area contributed by atoms with E-state index in [1.807, 2.05) is 0 Å². The van der Waals surface area contributed by atoms with Crippen molar-refractivity contribution in [3.8, 4) is 0 Å². The van der Waals surface area contributed by atoms with Gasteiger partial charge < -0.3 is 48.9 Å². The highest BCUT2D eigenvalue weighted by atomic mass is 16.6. The van der Waals surface area contributed by atoms with Gasteiger partial charge in [-0.25, -0.2) is 0 Å². The highest BCUT2D eigenvalue weighted by Gasteiger charge is 2.23. The predicted octanol–water partition coefficient (Wildman–Crippen LogP) is -1.49. The summed E-state index contributed by atoms with van der Waals surface area (Å²) in [5, 5.41) is 2.67. The summed E-state index contributed by atoms with van der Waals surface area (Å²) >= 11 is 0. The van der Waals surface area contributed by atoms with Gasteiger partial charge in [-0.3, -0.25) is 19.3 Å². The molecule has 0 unspecified atom stereocenters. The lowest BCUT2D eigenvalue weighted by Gasteiger charge is -2.13. The summed E-state index contributed by atoms with van der Waals surface area (Å²) in [5.41, 5.74) is 5.31. The number of amides is 3. The Balaban J connectivity index is 1.68. The normalized spacial score (nSPS) is 13.1. The van der Waals surface area contributed by atoms with Gasteiger partial charge in [0.15, 0.2) is 0 Å². The van der Waals surface area contributed by atoms with E-state index in [0.717, 1.165) is 4.90 Å².